The Morgan fingerprint density at radius 1 is 0.250 bits per heavy atom. The van der Waals surface area contributed by atoms with Crippen LogP contribution in [0, 0.1) is 160 Å². The molecule has 8 heteroatoms. The van der Waals surface area contributed by atoms with E-state index in [0.717, 1.165) is 106 Å². The van der Waals surface area contributed by atoms with Gasteiger partial charge in [0.2, 0.25) is 0 Å². The first-order chi connectivity index (χ1) is 46.3. The number of pyridine rings is 2. The number of rotatable bonds is 0. The van der Waals surface area contributed by atoms with Gasteiger partial charge >= 0.3 is 0 Å². The van der Waals surface area contributed by atoms with Gasteiger partial charge in [-0.05, 0) is 212 Å². The van der Waals surface area contributed by atoms with Crippen molar-refractivity contribution in [3.63, 3.8) is 0 Å². The molecular formula is C96H170F2N4O2. The van der Waals surface area contributed by atoms with E-state index >= 15 is 0 Å². The maximum Gasteiger partial charge on any atom is 0.154 e. The van der Waals surface area contributed by atoms with E-state index in [4.69, 9.17) is 9.47 Å². The van der Waals surface area contributed by atoms with E-state index < -0.39 is 0 Å². The van der Waals surface area contributed by atoms with Gasteiger partial charge in [-0.3, -0.25) is 9.97 Å². The van der Waals surface area contributed by atoms with E-state index in [-0.39, 0.29) is 62.5 Å². The van der Waals surface area contributed by atoms with Gasteiger partial charge in [0.25, 0.3) is 0 Å². The SMILES string of the molecule is C.C.C.C.C.C.CC1CCC(C)CC1.CC1CCC(C)CC1.CC1CCC(C)CC1.CC1CCC(C)CC1.CC1CCC(C)CC1.CC1COC(C)OC1.Cc1ccc(C)c(F)c1.Cc1ccc(C)c(F)c1.Cc1ccc(C)cc1.Cc1ccc(C)nc1.Cc1ccc(C)nc1.Cc1cnc(C)nc1. The minimum absolute atomic E-state index is 0. The molecule has 3 aromatic heterocycles. The minimum atomic E-state index is -0.116. The summed E-state index contributed by atoms with van der Waals surface area (Å²) in [5, 5.41) is 0. The van der Waals surface area contributed by atoms with E-state index in [1.54, 1.807) is 26.0 Å². The molecule has 6 fully saturated rings. The lowest BCUT2D eigenvalue weighted by molar-refractivity contribution is -0.187. The number of hydrogen-bond donors (Lipinski definition) is 0. The number of benzene rings is 3. The van der Waals surface area contributed by atoms with Gasteiger partial charge < -0.3 is 9.47 Å². The smallest absolute Gasteiger partial charge is 0.154 e. The Morgan fingerprint density at radius 3 is 0.615 bits per heavy atom. The highest BCUT2D eigenvalue weighted by Gasteiger charge is 2.17. The highest BCUT2D eigenvalue weighted by molar-refractivity contribution is 5.23. The van der Waals surface area contributed by atoms with Crippen molar-refractivity contribution < 1.29 is 18.3 Å². The molecule has 12 rings (SSSR count). The minimum Gasteiger partial charge on any atom is -0.353 e. The molecule has 3 aromatic carbocycles. The van der Waals surface area contributed by atoms with Crippen molar-refractivity contribution in [2.45, 2.75) is 345 Å². The highest BCUT2D eigenvalue weighted by atomic mass is 19.1. The Bertz CT molecular complexity index is 2310. The number of nitrogens with zero attached hydrogens (tertiary/aromatic N) is 4. The van der Waals surface area contributed by atoms with Crippen LogP contribution < -0.4 is 0 Å². The summed E-state index contributed by atoms with van der Waals surface area (Å²) in [6.45, 7) is 52.8. The summed E-state index contributed by atoms with van der Waals surface area (Å²) in [4.78, 5) is 16.1. The van der Waals surface area contributed by atoms with Crippen LogP contribution >= 0.6 is 0 Å². The van der Waals surface area contributed by atoms with Gasteiger partial charge in [0, 0.05) is 42.1 Å². The predicted molar refractivity (Wildman–Crippen MR) is 461 cm³/mol. The molecule has 5 saturated carbocycles. The zero-order valence-electron chi connectivity index (χ0n) is 67.2. The largest absolute Gasteiger partial charge is 0.353 e. The second-order valence-electron chi connectivity index (χ2n) is 31.6. The van der Waals surface area contributed by atoms with E-state index in [1.807, 2.05) is 111 Å². The first-order valence-electron chi connectivity index (χ1n) is 38.5. The van der Waals surface area contributed by atoms with Crippen molar-refractivity contribution in [2.75, 3.05) is 13.2 Å². The molecule has 0 spiro atoms. The van der Waals surface area contributed by atoms with Crippen molar-refractivity contribution in [3.8, 4) is 0 Å². The summed E-state index contributed by atoms with van der Waals surface area (Å²) >= 11 is 0. The lowest BCUT2D eigenvalue weighted by Gasteiger charge is -2.24. The molecule has 4 heterocycles. The number of aromatic nitrogens is 4. The zero-order valence-corrected chi connectivity index (χ0v) is 67.2. The molecule has 6 aliphatic rings. The Hall–Kier alpha value is -5.18. The Morgan fingerprint density at radius 2 is 0.452 bits per heavy atom. The molecule has 0 bridgehead atoms. The summed E-state index contributed by atoms with van der Waals surface area (Å²) in [6, 6.07) is 27.1. The van der Waals surface area contributed by atoms with Crippen LogP contribution in [-0.4, -0.2) is 39.4 Å². The zero-order chi connectivity index (χ0) is 73.5. The Kier molecular flexibility index (Phi) is 68.5. The fourth-order valence-corrected chi connectivity index (χ4v) is 11.4. The number of ether oxygens (including phenoxy) is 2. The summed E-state index contributed by atoms with van der Waals surface area (Å²) < 4.78 is 35.5. The lowest BCUT2D eigenvalue weighted by atomic mass is 9.84. The monoisotopic (exact) mass is 1450 g/mol. The maximum absolute atomic E-state index is 12.6. The Labute approximate surface area is 647 Å². The Balaban J connectivity index is -0.000000251. The lowest BCUT2D eigenvalue weighted by Crippen LogP contribution is -2.27. The normalized spacial score (nSPS) is 22.9. The van der Waals surface area contributed by atoms with Crippen molar-refractivity contribution in [1.29, 1.82) is 0 Å². The standard InChI is InChI=1S/2C8H9F.5C8H16.C8H10.2C7H9N.C6H8N2.C6H12O2.6CH4/c2*1-6-3-4-7(2)8(9)5-6;6*1-7-3-5-8(2)6-4-7;2*1-6-3-4-7(2)8-5-6;2*1-5-3-7-6(2)8-4-5;;;;;;/h2*3-5H,1-2H3;5*7-8H,3-6H2,1-2H3;3-6H,1-2H3;2*3-5H,1-2H3;3-4H,1-2H3;5-6H,3-4H2,1-2H3;6*1H4. The van der Waals surface area contributed by atoms with E-state index in [1.165, 1.54) is 163 Å². The van der Waals surface area contributed by atoms with Gasteiger partial charge in [0.1, 0.15) is 17.5 Å². The summed E-state index contributed by atoms with van der Waals surface area (Å²) in [5.74, 6) is 11.4. The quantitative estimate of drug-likeness (QED) is 0.151. The van der Waals surface area contributed by atoms with E-state index in [9.17, 15) is 8.78 Å². The van der Waals surface area contributed by atoms with Gasteiger partial charge in [-0.15, -0.1) is 0 Å². The van der Waals surface area contributed by atoms with Crippen LogP contribution in [0.3, 0.4) is 0 Å². The van der Waals surface area contributed by atoms with Crippen molar-refractivity contribution in [1.82, 2.24) is 19.9 Å². The topological polar surface area (TPSA) is 70.0 Å². The highest BCUT2D eigenvalue weighted by Crippen LogP contribution is 2.30. The average molecular weight is 1450 g/mol. The molecule has 6 nitrogen and oxygen atoms in total. The first kappa shape index (κ1) is 110. The summed E-state index contributed by atoms with van der Waals surface area (Å²) in [5.41, 5.74) is 11.7. The van der Waals surface area contributed by atoms with Crippen LogP contribution in [0.5, 0.6) is 0 Å². The van der Waals surface area contributed by atoms with Gasteiger partial charge in [0.05, 0.1) is 13.2 Å². The fourth-order valence-electron chi connectivity index (χ4n) is 11.4. The molecule has 1 saturated heterocycles. The maximum atomic E-state index is 12.6. The van der Waals surface area contributed by atoms with Crippen molar-refractivity contribution >= 4 is 0 Å². The first-order valence-corrected chi connectivity index (χ1v) is 38.5. The molecule has 0 atom stereocenters. The third-order valence-corrected chi connectivity index (χ3v) is 19.7. The average Bonchev–Trinajstić information content (AvgIpc) is 0.917. The van der Waals surface area contributed by atoms with Gasteiger partial charge in [0.15, 0.2) is 6.29 Å². The number of halogens is 2. The van der Waals surface area contributed by atoms with Gasteiger partial charge in [-0.25, -0.2) is 18.7 Å². The molecule has 600 valence electrons. The predicted octanol–water partition coefficient (Wildman–Crippen LogP) is 30.7. The van der Waals surface area contributed by atoms with Crippen LogP contribution in [-0.2, 0) is 9.47 Å². The van der Waals surface area contributed by atoms with E-state index in [2.05, 4.69) is 146 Å². The molecule has 6 aromatic rings. The van der Waals surface area contributed by atoms with Crippen LogP contribution in [0.2, 0.25) is 0 Å². The summed E-state index contributed by atoms with van der Waals surface area (Å²) in [6.07, 6.45) is 36.8. The molecule has 104 heavy (non-hydrogen) atoms. The number of hydrogen-bond acceptors (Lipinski definition) is 6. The van der Waals surface area contributed by atoms with Gasteiger partial charge in [-0.2, -0.15) is 0 Å². The molecule has 0 unspecified atom stereocenters. The molecule has 0 amide bonds. The van der Waals surface area contributed by atoms with Crippen LogP contribution in [0.4, 0.5) is 8.78 Å². The van der Waals surface area contributed by atoms with Crippen molar-refractivity contribution in [2.24, 2.45) is 65.1 Å². The molecule has 5 aliphatic carbocycles. The third-order valence-electron chi connectivity index (χ3n) is 19.7. The molecular weight excluding hydrogens is 1280 g/mol. The van der Waals surface area contributed by atoms with Crippen molar-refractivity contribution in [3.05, 3.63) is 189 Å². The second kappa shape index (κ2) is 64.9. The van der Waals surface area contributed by atoms with E-state index in [0.29, 0.717) is 17.0 Å². The van der Waals surface area contributed by atoms with Crippen LogP contribution in [0.1, 0.15) is 323 Å². The molecule has 0 N–H and O–H groups in total. The number of aryl methyl sites for hydroxylation is 12. The van der Waals surface area contributed by atoms with Gasteiger partial charge in [-0.1, -0.05) is 321 Å². The summed E-state index contributed by atoms with van der Waals surface area (Å²) in [7, 11) is 0. The molecule has 0 radical (unpaired) electrons. The van der Waals surface area contributed by atoms with Crippen LogP contribution in [0.25, 0.3) is 0 Å². The second-order valence-corrected chi connectivity index (χ2v) is 31.6. The van der Waals surface area contributed by atoms with Crippen LogP contribution in [0.15, 0.2) is 110 Å². The molecule has 1 aliphatic heterocycles. The third kappa shape index (κ3) is 60.9. The fraction of sp³-hybridized carbons (Fsp3) is 0.667.